The Balaban J connectivity index is 2.08. The van der Waals surface area contributed by atoms with Crippen LogP contribution in [0.25, 0.3) is 0 Å². The monoisotopic (exact) mass is 286 g/mol. The molecule has 0 aliphatic heterocycles. The van der Waals surface area contributed by atoms with Gasteiger partial charge in [0.1, 0.15) is 0 Å². The molecule has 2 rings (SSSR count). The zero-order valence-corrected chi connectivity index (χ0v) is 10.9. The van der Waals surface area contributed by atoms with E-state index >= 15 is 0 Å². The summed E-state index contributed by atoms with van der Waals surface area (Å²) in [4.78, 5) is 12.1. The van der Waals surface area contributed by atoms with Gasteiger partial charge in [0.05, 0.1) is 5.56 Å². The molecule has 0 aromatic heterocycles. The van der Waals surface area contributed by atoms with Gasteiger partial charge in [0.2, 0.25) is 5.91 Å². The summed E-state index contributed by atoms with van der Waals surface area (Å²) >= 11 is 0. The highest BCUT2D eigenvalue weighted by molar-refractivity contribution is 5.93. The van der Waals surface area contributed by atoms with E-state index in [0.29, 0.717) is 6.54 Å². The molecule has 0 spiro atoms. The molecule has 20 heavy (non-hydrogen) atoms. The van der Waals surface area contributed by atoms with Gasteiger partial charge in [-0.3, -0.25) is 4.79 Å². The molecule has 2 unspecified atom stereocenters. The normalized spacial score (nSPS) is 22.8. The second-order valence-corrected chi connectivity index (χ2v) is 5.10. The molecule has 6 heteroatoms. The van der Waals surface area contributed by atoms with Crippen LogP contribution in [0.1, 0.15) is 24.8 Å². The SMILES string of the molecule is NCC1CCCC1C(=O)Nc1cccc(C(F)(F)F)c1. The highest BCUT2D eigenvalue weighted by atomic mass is 19.4. The van der Waals surface area contributed by atoms with E-state index in [1.165, 1.54) is 12.1 Å². The van der Waals surface area contributed by atoms with Crippen molar-refractivity contribution < 1.29 is 18.0 Å². The van der Waals surface area contributed by atoms with Gasteiger partial charge >= 0.3 is 6.18 Å². The second kappa shape index (κ2) is 5.83. The number of hydrogen-bond donors (Lipinski definition) is 2. The van der Waals surface area contributed by atoms with E-state index in [-0.39, 0.29) is 23.4 Å². The Hall–Kier alpha value is -1.56. The Bertz CT molecular complexity index is 488. The fraction of sp³-hybridized carbons (Fsp3) is 0.500. The molecule has 1 saturated carbocycles. The van der Waals surface area contributed by atoms with E-state index in [1.54, 1.807) is 0 Å². The Morgan fingerprint density at radius 1 is 1.35 bits per heavy atom. The van der Waals surface area contributed by atoms with Crippen LogP contribution in [0.4, 0.5) is 18.9 Å². The van der Waals surface area contributed by atoms with Gasteiger partial charge in [-0.15, -0.1) is 0 Å². The number of carbonyl (C=O) groups is 1. The number of carbonyl (C=O) groups excluding carboxylic acids is 1. The van der Waals surface area contributed by atoms with Crippen LogP contribution in [0, 0.1) is 11.8 Å². The Labute approximate surface area is 115 Å². The summed E-state index contributed by atoms with van der Waals surface area (Å²) in [6.07, 6.45) is -1.83. The number of anilines is 1. The van der Waals surface area contributed by atoms with E-state index in [4.69, 9.17) is 5.73 Å². The van der Waals surface area contributed by atoms with Crippen molar-refractivity contribution in [3.8, 4) is 0 Å². The summed E-state index contributed by atoms with van der Waals surface area (Å²) in [6.45, 7) is 0.431. The van der Waals surface area contributed by atoms with Crippen LogP contribution in [0.2, 0.25) is 0 Å². The lowest BCUT2D eigenvalue weighted by Crippen LogP contribution is -2.29. The van der Waals surface area contributed by atoms with Crippen molar-refractivity contribution >= 4 is 11.6 Å². The molecule has 3 nitrogen and oxygen atoms in total. The van der Waals surface area contributed by atoms with Gasteiger partial charge in [-0.25, -0.2) is 0 Å². The molecule has 1 aliphatic rings. The first-order valence-electron chi connectivity index (χ1n) is 6.60. The van der Waals surface area contributed by atoms with Crippen LogP contribution in [0.3, 0.4) is 0 Å². The summed E-state index contributed by atoms with van der Waals surface area (Å²) < 4.78 is 37.8. The molecular weight excluding hydrogens is 269 g/mol. The summed E-state index contributed by atoms with van der Waals surface area (Å²) in [5.74, 6) is -0.312. The molecule has 110 valence electrons. The smallest absolute Gasteiger partial charge is 0.330 e. The average molecular weight is 286 g/mol. The molecule has 1 aromatic rings. The molecule has 0 bridgehead atoms. The van der Waals surface area contributed by atoms with Gasteiger partial charge in [0.25, 0.3) is 0 Å². The first-order chi connectivity index (χ1) is 9.41. The molecule has 0 saturated heterocycles. The van der Waals surface area contributed by atoms with Gasteiger partial charge < -0.3 is 11.1 Å². The Morgan fingerprint density at radius 2 is 2.10 bits per heavy atom. The quantitative estimate of drug-likeness (QED) is 0.897. The molecule has 2 atom stereocenters. The maximum atomic E-state index is 12.6. The van der Waals surface area contributed by atoms with Crippen LogP contribution >= 0.6 is 0 Å². The Kier molecular flexibility index (Phi) is 4.32. The average Bonchev–Trinajstić information content (AvgIpc) is 2.86. The van der Waals surface area contributed by atoms with Crippen LogP contribution < -0.4 is 11.1 Å². The van der Waals surface area contributed by atoms with Gasteiger partial charge in [0, 0.05) is 11.6 Å². The number of alkyl halides is 3. The summed E-state index contributed by atoms with van der Waals surface area (Å²) in [7, 11) is 0. The third kappa shape index (κ3) is 3.30. The van der Waals surface area contributed by atoms with E-state index in [0.717, 1.165) is 31.4 Å². The highest BCUT2D eigenvalue weighted by Gasteiger charge is 2.33. The number of hydrogen-bond acceptors (Lipinski definition) is 2. The highest BCUT2D eigenvalue weighted by Crippen LogP contribution is 2.33. The number of nitrogens with one attached hydrogen (secondary N) is 1. The van der Waals surface area contributed by atoms with Crippen molar-refractivity contribution in [3.63, 3.8) is 0 Å². The fourth-order valence-corrected chi connectivity index (χ4v) is 2.67. The van der Waals surface area contributed by atoms with Crippen LogP contribution in [-0.4, -0.2) is 12.5 Å². The molecule has 0 heterocycles. The molecule has 3 N–H and O–H groups in total. The third-order valence-electron chi connectivity index (χ3n) is 3.76. The molecule has 1 aromatic carbocycles. The van der Waals surface area contributed by atoms with E-state index in [9.17, 15) is 18.0 Å². The number of nitrogens with two attached hydrogens (primary N) is 1. The molecular formula is C14H17F3N2O. The van der Waals surface area contributed by atoms with Gasteiger partial charge in [-0.1, -0.05) is 12.5 Å². The van der Waals surface area contributed by atoms with Crippen molar-refractivity contribution in [1.29, 1.82) is 0 Å². The number of rotatable bonds is 3. The van der Waals surface area contributed by atoms with Gasteiger partial charge in [0.15, 0.2) is 0 Å². The minimum absolute atomic E-state index is 0.126. The minimum Gasteiger partial charge on any atom is -0.330 e. The van der Waals surface area contributed by atoms with Gasteiger partial charge in [-0.05, 0) is 43.5 Å². The maximum absolute atomic E-state index is 12.6. The lowest BCUT2D eigenvalue weighted by atomic mass is 9.95. The number of amides is 1. The summed E-state index contributed by atoms with van der Waals surface area (Å²) in [6, 6.07) is 4.67. The van der Waals surface area contributed by atoms with Crippen molar-refractivity contribution in [1.82, 2.24) is 0 Å². The predicted octanol–water partition coefficient (Wildman–Crippen LogP) is 3.02. The lowest BCUT2D eigenvalue weighted by Gasteiger charge is -2.18. The molecule has 1 amide bonds. The van der Waals surface area contributed by atoms with Gasteiger partial charge in [-0.2, -0.15) is 13.2 Å². The van der Waals surface area contributed by atoms with Crippen LogP contribution in [-0.2, 0) is 11.0 Å². The van der Waals surface area contributed by atoms with E-state index in [1.807, 2.05) is 0 Å². The summed E-state index contributed by atoms with van der Waals surface area (Å²) in [5.41, 5.74) is 5.01. The maximum Gasteiger partial charge on any atom is 0.416 e. The minimum atomic E-state index is -4.41. The standard InChI is InChI=1S/C14H17F3N2O/c15-14(16,17)10-4-2-5-11(7-10)19-13(20)12-6-1-3-9(12)8-18/h2,4-5,7,9,12H,1,3,6,8,18H2,(H,19,20). The molecule has 1 fully saturated rings. The van der Waals surface area contributed by atoms with Crippen LogP contribution in [0.5, 0.6) is 0 Å². The number of benzene rings is 1. The third-order valence-corrected chi connectivity index (χ3v) is 3.76. The second-order valence-electron chi connectivity index (χ2n) is 5.10. The lowest BCUT2D eigenvalue weighted by molar-refractivity contribution is -0.137. The van der Waals surface area contributed by atoms with E-state index in [2.05, 4.69) is 5.32 Å². The predicted molar refractivity (Wildman–Crippen MR) is 70.0 cm³/mol. The largest absolute Gasteiger partial charge is 0.416 e. The molecule has 1 aliphatic carbocycles. The topological polar surface area (TPSA) is 55.1 Å². The van der Waals surface area contributed by atoms with Crippen molar-refractivity contribution in [2.45, 2.75) is 25.4 Å². The summed E-state index contributed by atoms with van der Waals surface area (Å²) in [5, 5.41) is 2.57. The fourth-order valence-electron chi connectivity index (χ4n) is 2.67. The van der Waals surface area contributed by atoms with Crippen molar-refractivity contribution in [2.75, 3.05) is 11.9 Å². The molecule has 0 radical (unpaired) electrons. The van der Waals surface area contributed by atoms with E-state index < -0.39 is 11.7 Å². The van der Waals surface area contributed by atoms with Crippen molar-refractivity contribution in [2.24, 2.45) is 17.6 Å². The zero-order chi connectivity index (χ0) is 14.8. The Morgan fingerprint density at radius 3 is 2.75 bits per heavy atom. The zero-order valence-electron chi connectivity index (χ0n) is 10.9. The van der Waals surface area contributed by atoms with Crippen LogP contribution in [0.15, 0.2) is 24.3 Å². The number of halogens is 3. The van der Waals surface area contributed by atoms with Crippen molar-refractivity contribution in [3.05, 3.63) is 29.8 Å². The first-order valence-corrected chi connectivity index (χ1v) is 6.60. The first kappa shape index (κ1) is 14.8.